The maximum Gasteiger partial charge on any atom is 0.331 e. The zero-order chi connectivity index (χ0) is 21.3. The Kier molecular flexibility index (Phi) is 5.06. The highest BCUT2D eigenvalue weighted by Gasteiger charge is 2.23. The molecule has 6 nitrogen and oxygen atoms in total. The Morgan fingerprint density at radius 2 is 1.40 bits per heavy atom. The first-order chi connectivity index (χ1) is 14.5. The second kappa shape index (κ2) is 7.83. The van der Waals surface area contributed by atoms with E-state index in [-0.39, 0.29) is 11.3 Å². The fourth-order valence-corrected chi connectivity index (χ4v) is 3.64. The molecule has 0 aliphatic rings. The molecular weight excluding hydrogens is 378 g/mol. The molecule has 0 radical (unpaired) electrons. The Balaban J connectivity index is 2.04. The first-order valence-corrected chi connectivity index (χ1v) is 9.60. The predicted octanol–water partition coefficient (Wildman–Crippen LogP) is 2.79. The number of aryl methyl sites for hydroxylation is 1. The normalized spacial score (nSPS) is 11.0. The van der Waals surface area contributed by atoms with E-state index in [9.17, 15) is 14.8 Å². The van der Waals surface area contributed by atoms with Crippen LogP contribution in [0.25, 0.3) is 11.3 Å². The van der Waals surface area contributed by atoms with Crippen LogP contribution in [-0.4, -0.2) is 9.13 Å². The van der Waals surface area contributed by atoms with Crippen molar-refractivity contribution < 1.29 is 4.73 Å². The van der Waals surface area contributed by atoms with Crippen LogP contribution in [0, 0.1) is 12.1 Å². The highest BCUT2D eigenvalue weighted by Crippen LogP contribution is 2.26. The minimum absolute atomic E-state index is 0.174. The van der Waals surface area contributed by atoms with E-state index >= 15 is 0 Å². The van der Waals surface area contributed by atoms with Crippen molar-refractivity contribution in [2.45, 2.75) is 13.0 Å². The van der Waals surface area contributed by atoms with Gasteiger partial charge in [0.15, 0.2) is 5.69 Å². The highest BCUT2D eigenvalue weighted by atomic mass is 16.5. The molecule has 4 aromatic rings. The lowest BCUT2D eigenvalue weighted by Gasteiger charge is -2.22. The zero-order valence-corrected chi connectivity index (χ0v) is 16.7. The molecule has 2 aromatic heterocycles. The Morgan fingerprint density at radius 3 is 1.97 bits per heavy atom. The molecule has 30 heavy (non-hydrogen) atoms. The average molecular weight is 399 g/mol. The van der Waals surface area contributed by atoms with Crippen molar-refractivity contribution in [2.24, 2.45) is 7.05 Å². The van der Waals surface area contributed by atoms with Crippen LogP contribution >= 0.6 is 0 Å². The minimum Gasteiger partial charge on any atom is -0.618 e. The molecule has 2 heterocycles. The van der Waals surface area contributed by atoms with Gasteiger partial charge in [0.25, 0.3) is 5.56 Å². The number of nitrogens with zero attached hydrogens (tertiary/aromatic N) is 3. The second-order valence-electron chi connectivity index (χ2n) is 7.17. The van der Waals surface area contributed by atoms with E-state index in [1.54, 1.807) is 25.1 Å². The Hall–Kier alpha value is -3.93. The van der Waals surface area contributed by atoms with Crippen molar-refractivity contribution in [1.82, 2.24) is 9.13 Å². The zero-order valence-electron chi connectivity index (χ0n) is 16.7. The molecule has 0 amide bonds. The van der Waals surface area contributed by atoms with E-state index in [1.165, 1.54) is 17.8 Å². The van der Waals surface area contributed by atoms with Gasteiger partial charge in [-0.25, -0.2) is 4.79 Å². The highest BCUT2D eigenvalue weighted by molar-refractivity contribution is 5.54. The maximum atomic E-state index is 13.2. The van der Waals surface area contributed by atoms with Crippen molar-refractivity contribution in [3.05, 3.63) is 128 Å². The van der Waals surface area contributed by atoms with Crippen LogP contribution in [0.3, 0.4) is 0 Å². The van der Waals surface area contributed by atoms with Gasteiger partial charge in [-0.3, -0.25) is 13.9 Å². The third-order valence-electron chi connectivity index (χ3n) is 5.23. The van der Waals surface area contributed by atoms with Gasteiger partial charge in [-0.05, 0) is 17.2 Å². The summed E-state index contributed by atoms with van der Waals surface area (Å²) in [5.41, 5.74) is 1.69. The number of hydrogen-bond acceptors (Lipinski definition) is 3. The van der Waals surface area contributed by atoms with Crippen LogP contribution < -0.4 is 16.0 Å². The van der Waals surface area contributed by atoms with Gasteiger partial charge in [-0.15, -0.1) is 0 Å². The van der Waals surface area contributed by atoms with Gasteiger partial charge < -0.3 is 5.21 Å². The number of aromatic nitrogens is 3. The van der Waals surface area contributed by atoms with Crippen molar-refractivity contribution in [1.29, 1.82) is 0 Å². The lowest BCUT2D eigenvalue weighted by molar-refractivity contribution is -0.600. The molecular formula is C24H21N3O3. The molecule has 150 valence electrons. The molecule has 0 unspecified atom stereocenters. The molecule has 0 aliphatic carbocycles. The molecule has 0 saturated heterocycles. The van der Waals surface area contributed by atoms with Crippen LogP contribution in [0.5, 0.6) is 0 Å². The number of benzene rings is 2. The van der Waals surface area contributed by atoms with Crippen molar-refractivity contribution in [2.75, 3.05) is 0 Å². The Morgan fingerprint density at radius 1 is 0.833 bits per heavy atom. The lowest BCUT2D eigenvalue weighted by atomic mass is 9.98. The summed E-state index contributed by atoms with van der Waals surface area (Å²) in [5.74, 6) is 0. The summed E-state index contributed by atoms with van der Waals surface area (Å²) in [6, 6.07) is 23.7. The molecule has 0 fully saturated rings. The fourth-order valence-electron chi connectivity index (χ4n) is 3.64. The van der Waals surface area contributed by atoms with E-state index in [1.807, 2.05) is 60.7 Å². The Bertz CT molecular complexity index is 1270. The summed E-state index contributed by atoms with van der Waals surface area (Å²) in [7, 11) is 1.43. The quantitative estimate of drug-likeness (QED) is 0.391. The van der Waals surface area contributed by atoms with Crippen LogP contribution in [0.15, 0.2) is 94.6 Å². The molecule has 6 heteroatoms. The van der Waals surface area contributed by atoms with Crippen LogP contribution in [0.4, 0.5) is 0 Å². The van der Waals surface area contributed by atoms with Crippen molar-refractivity contribution >= 4 is 0 Å². The minimum atomic E-state index is -0.508. The van der Waals surface area contributed by atoms with Gasteiger partial charge in [0.05, 0.1) is 6.04 Å². The van der Waals surface area contributed by atoms with E-state index in [0.29, 0.717) is 10.4 Å². The first kappa shape index (κ1) is 19.4. The topological polar surface area (TPSA) is 70.9 Å². The summed E-state index contributed by atoms with van der Waals surface area (Å²) in [4.78, 5) is 26.1. The number of pyridine rings is 1. The van der Waals surface area contributed by atoms with Crippen molar-refractivity contribution in [3.8, 4) is 11.3 Å². The second-order valence-corrected chi connectivity index (χ2v) is 7.17. The van der Waals surface area contributed by atoms with E-state index in [0.717, 1.165) is 15.7 Å². The van der Waals surface area contributed by atoms with Crippen LogP contribution in [-0.2, 0) is 7.05 Å². The van der Waals surface area contributed by atoms with E-state index < -0.39 is 17.3 Å². The van der Waals surface area contributed by atoms with Crippen molar-refractivity contribution in [3.63, 3.8) is 0 Å². The standard InChI is InChI=1S/C24H21N3O3/c1-17-10-9-15-21(27(17)30)20-16-26(24(29)25(2)23(20)28)22(18-11-5-3-6-12-18)19-13-7-4-8-14-19/h3-16,22H,1-2H3. The monoisotopic (exact) mass is 399 g/mol. The largest absolute Gasteiger partial charge is 0.618 e. The summed E-state index contributed by atoms with van der Waals surface area (Å²) >= 11 is 0. The van der Waals surface area contributed by atoms with Gasteiger partial charge in [-0.2, -0.15) is 4.73 Å². The van der Waals surface area contributed by atoms with Crippen LogP contribution in [0.2, 0.25) is 0 Å². The maximum absolute atomic E-state index is 13.2. The molecule has 0 aliphatic heterocycles. The molecule has 2 aromatic carbocycles. The molecule has 0 saturated carbocycles. The smallest absolute Gasteiger partial charge is 0.331 e. The molecule has 0 spiro atoms. The molecule has 0 bridgehead atoms. The van der Waals surface area contributed by atoms with Gasteiger partial charge >= 0.3 is 5.69 Å². The molecule has 4 rings (SSSR count). The summed E-state index contributed by atoms with van der Waals surface area (Å²) in [6.07, 6.45) is 1.50. The predicted molar refractivity (Wildman–Crippen MR) is 115 cm³/mol. The molecule has 0 N–H and O–H groups in total. The SMILES string of the molecule is Cc1cccc(-c2cn(C(c3ccccc3)c3ccccc3)c(=O)n(C)c2=O)[n+]1[O-]. The number of rotatable bonds is 4. The first-order valence-electron chi connectivity index (χ1n) is 9.60. The third-order valence-corrected chi connectivity index (χ3v) is 5.23. The molecule has 0 atom stereocenters. The Labute approximate surface area is 173 Å². The average Bonchev–Trinajstić information content (AvgIpc) is 2.78. The van der Waals surface area contributed by atoms with Crippen LogP contribution in [0.1, 0.15) is 22.9 Å². The van der Waals surface area contributed by atoms with Gasteiger partial charge in [0.1, 0.15) is 5.56 Å². The van der Waals surface area contributed by atoms with Gasteiger partial charge in [0, 0.05) is 32.3 Å². The fraction of sp³-hybridized carbons (Fsp3) is 0.125. The number of hydrogen-bond donors (Lipinski definition) is 0. The van der Waals surface area contributed by atoms with E-state index in [4.69, 9.17) is 0 Å². The van der Waals surface area contributed by atoms with E-state index in [2.05, 4.69) is 0 Å². The van der Waals surface area contributed by atoms with Gasteiger partial charge in [0.2, 0.25) is 5.69 Å². The summed E-state index contributed by atoms with van der Waals surface area (Å²) in [6.45, 7) is 1.67. The van der Waals surface area contributed by atoms with Gasteiger partial charge in [-0.1, -0.05) is 60.7 Å². The lowest BCUT2D eigenvalue weighted by Crippen LogP contribution is -2.42. The summed E-state index contributed by atoms with van der Waals surface area (Å²) < 4.78 is 3.28. The third kappa shape index (κ3) is 3.33. The summed E-state index contributed by atoms with van der Waals surface area (Å²) in [5, 5.41) is 12.6.